The van der Waals surface area contributed by atoms with Gasteiger partial charge in [-0.1, -0.05) is 152 Å². The van der Waals surface area contributed by atoms with Crippen molar-refractivity contribution in [2.75, 3.05) is 0 Å². The highest BCUT2D eigenvalue weighted by molar-refractivity contribution is 6.17. The molecular weight excluding hydrogens is 1140 g/mol. The average Bonchev–Trinajstić information content (AvgIpc) is 1.59. The van der Waals surface area contributed by atoms with E-state index in [4.69, 9.17) is 0 Å². The zero-order valence-electron chi connectivity index (χ0n) is 50.2. The SMILES string of the molecule is Cc1c(-n2c3ccc(-n4c5ccccc5c5ccccc54)cc3c3cc(-n4c5ccccc5c5ccccc54)ccc32)ccc(-c2c(F)cccc2F)c1-n1c2ccc(-n3c4ccccc4c4ccccc43)cc2c2cc(-n3c4ccccc4c4ccccc43)ccc21. The minimum absolute atomic E-state index is 0.0881. The van der Waals surface area contributed by atoms with Crippen LogP contribution in [0.2, 0.25) is 0 Å². The van der Waals surface area contributed by atoms with Crippen LogP contribution in [0.4, 0.5) is 8.78 Å². The predicted molar refractivity (Wildman–Crippen MR) is 383 cm³/mol. The first-order valence-electron chi connectivity index (χ1n) is 31.6. The van der Waals surface area contributed by atoms with Crippen LogP contribution in [0.15, 0.2) is 297 Å². The van der Waals surface area contributed by atoms with Crippen molar-refractivity contribution in [3.05, 3.63) is 314 Å². The Hall–Kier alpha value is -12.3. The molecule has 93 heavy (non-hydrogen) atoms. The van der Waals surface area contributed by atoms with Crippen LogP contribution >= 0.6 is 0 Å². The Kier molecular flexibility index (Phi) is 10.8. The summed E-state index contributed by atoms with van der Waals surface area (Å²) < 4.78 is 48.3. The minimum atomic E-state index is -0.640. The molecule has 14 aromatic carbocycles. The van der Waals surface area contributed by atoms with Gasteiger partial charge in [0.1, 0.15) is 11.6 Å². The molecule has 0 unspecified atom stereocenters. The van der Waals surface area contributed by atoms with E-state index in [1.165, 1.54) is 61.3 Å². The fourth-order valence-corrected chi connectivity index (χ4v) is 16.0. The van der Waals surface area contributed by atoms with Gasteiger partial charge < -0.3 is 27.4 Å². The molecule has 0 fully saturated rings. The van der Waals surface area contributed by atoms with Crippen molar-refractivity contribution in [3.63, 3.8) is 0 Å². The summed E-state index contributed by atoms with van der Waals surface area (Å²) in [6.45, 7) is 2.13. The van der Waals surface area contributed by atoms with Crippen LogP contribution in [0.1, 0.15) is 5.56 Å². The lowest BCUT2D eigenvalue weighted by molar-refractivity contribution is 0.589. The molecular formula is C85H52F2N6. The van der Waals surface area contributed by atoms with Gasteiger partial charge in [-0.05, 0) is 158 Å². The molecule has 0 radical (unpaired) electrons. The number of aromatic nitrogens is 6. The first-order valence-corrected chi connectivity index (χ1v) is 31.6. The van der Waals surface area contributed by atoms with Gasteiger partial charge in [0.25, 0.3) is 0 Å². The van der Waals surface area contributed by atoms with E-state index >= 15 is 8.78 Å². The van der Waals surface area contributed by atoms with Crippen LogP contribution in [-0.4, -0.2) is 27.4 Å². The number of hydrogen-bond acceptors (Lipinski definition) is 0. The molecule has 6 nitrogen and oxygen atoms in total. The monoisotopic (exact) mass is 1190 g/mol. The lowest BCUT2D eigenvalue weighted by Gasteiger charge is -2.22. The smallest absolute Gasteiger partial charge is 0.134 e. The number of para-hydroxylation sites is 8. The second kappa shape index (κ2) is 19.4. The standard InChI is InChI=1S/C85H52F2N6/c1-51-71(92-80-42-37-52(88-72-29-10-2-19-56(72)57-20-3-11-30-73(57)88)47-65(80)66-48-53(38-43-81(66)92)89-74-31-12-4-21-58(74)59-22-5-13-32-75(59)89)46-41-64(84-69(86)27-18-28-70(84)87)85(51)93-82-44-39-54(90-76-33-14-6-23-60(76)61-24-7-15-34-77(61)90)49-67(82)68-50-55(40-45-83(68)93)91-78-35-16-8-25-62(78)63-26-9-17-36-79(63)91/h2-50H,1H3. The topological polar surface area (TPSA) is 29.6 Å². The second-order valence-corrected chi connectivity index (χ2v) is 24.7. The maximum atomic E-state index is 17.1. The molecule has 0 saturated heterocycles. The maximum absolute atomic E-state index is 17.1. The van der Waals surface area contributed by atoms with Gasteiger partial charge in [-0.2, -0.15) is 0 Å². The molecule has 0 N–H and O–H groups in total. The number of halogens is 2. The Labute approximate surface area is 530 Å². The van der Waals surface area contributed by atoms with E-state index < -0.39 is 11.6 Å². The highest BCUT2D eigenvalue weighted by atomic mass is 19.1. The first-order chi connectivity index (χ1) is 45.9. The second-order valence-electron chi connectivity index (χ2n) is 24.7. The highest BCUT2D eigenvalue weighted by Gasteiger charge is 2.28. The lowest BCUT2D eigenvalue weighted by Crippen LogP contribution is -2.07. The minimum Gasteiger partial charge on any atom is -0.309 e. The number of fused-ring (bicyclic) bond motifs is 18. The van der Waals surface area contributed by atoms with Crippen molar-refractivity contribution >= 4 is 131 Å². The molecule has 6 heterocycles. The summed E-state index contributed by atoms with van der Waals surface area (Å²) in [4.78, 5) is 0. The van der Waals surface area contributed by atoms with Crippen molar-refractivity contribution < 1.29 is 8.78 Å². The quantitative estimate of drug-likeness (QED) is 0.152. The van der Waals surface area contributed by atoms with Gasteiger partial charge in [0, 0.05) is 92.9 Å². The number of hydrogen-bond donors (Lipinski definition) is 0. The van der Waals surface area contributed by atoms with E-state index in [0.29, 0.717) is 11.3 Å². The average molecular weight is 1200 g/mol. The number of nitrogens with zero attached hydrogens (tertiary/aromatic N) is 6. The number of rotatable bonds is 7. The molecule has 8 heteroatoms. The fraction of sp³-hybridized carbons (Fsp3) is 0.0118. The van der Waals surface area contributed by atoms with E-state index in [0.717, 1.165) is 122 Å². The van der Waals surface area contributed by atoms with E-state index in [1.807, 2.05) is 6.07 Å². The van der Waals surface area contributed by atoms with Crippen LogP contribution in [-0.2, 0) is 0 Å². The Morgan fingerprint density at radius 2 is 0.462 bits per heavy atom. The van der Waals surface area contributed by atoms with E-state index in [2.05, 4.69) is 307 Å². The van der Waals surface area contributed by atoms with E-state index in [1.54, 1.807) is 0 Å². The Bertz CT molecular complexity index is 6040. The Balaban J connectivity index is 0.892. The molecule has 0 aliphatic heterocycles. The molecule has 0 aliphatic carbocycles. The van der Waals surface area contributed by atoms with Crippen LogP contribution < -0.4 is 0 Å². The Morgan fingerprint density at radius 1 is 0.215 bits per heavy atom. The van der Waals surface area contributed by atoms with Crippen LogP contribution in [0.5, 0.6) is 0 Å². The molecule has 6 aromatic heterocycles. The summed E-state index contributed by atoms with van der Waals surface area (Å²) in [6, 6.07) is 104. The van der Waals surface area contributed by atoms with Gasteiger partial charge >= 0.3 is 0 Å². The summed E-state index contributed by atoms with van der Waals surface area (Å²) in [5, 5.41) is 13.5. The zero-order valence-corrected chi connectivity index (χ0v) is 50.2. The third-order valence-electron chi connectivity index (χ3n) is 19.9. The van der Waals surface area contributed by atoms with Crippen LogP contribution in [0, 0.1) is 18.6 Å². The van der Waals surface area contributed by atoms with E-state index in [-0.39, 0.29) is 5.56 Å². The van der Waals surface area contributed by atoms with Crippen LogP contribution in [0.3, 0.4) is 0 Å². The normalized spacial score (nSPS) is 12.2. The molecule has 0 spiro atoms. The van der Waals surface area contributed by atoms with Crippen molar-refractivity contribution in [2.24, 2.45) is 0 Å². The molecule has 0 amide bonds. The molecule has 20 aromatic rings. The molecule has 436 valence electrons. The summed E-state index contributed by atoms with van der Waals surface area (Å²) in [6.07, 6.45) is 0. The zero-order chi connectivity index (χ0) is 61.3. The summed E-state index contributed by atoms with van der Waals surface area (Å²) in [5.74, 6) is -1.28. The third-order valence-corrected chi connectivity index (χ3v) is 19.9. The van der Waals surface area contributed by atoms with Gasteiger partial charge in [0.05, 0.1) is 83.1 Å². The molecule has 0 saturated carbocycles. The molecule has 20 rings (SSSR count). The van der Waals surface area contributed by atoms with Gasteiger partial charge in [-0.3, -0.25) is 0 Å². The van der Waals surface area contributed by atoms with Gasteiger partial charge in [0.2, 0.25) is 0 Å². The third kappa shape index (κ3) is 7.20. The number of benzene rings is 14. The highest BCUT2D eigenvalue weighted by Crippen LogP contribution is 2.47. The largest absolute Gasteiger partial charge is 0.309 e. The lowest BCUT2D eigenvalue weighted by atomic mass is 9.97. The Morgan fingerprint density at radius 3 is 0.742 bits per heavy atom. The fourth-order valence-electron chi connectivity index (χ4n) is 16.0. The maximum Gasteiger partial charge on any atom is 0.134 e. The van der Waals surface area contributed by atoms with Gasteiger partial charge in [-0.15, -0.1) is 0 Å². The van der Waals surface area contributed by atoms with Crippen LogP contribution in [0.25, 0.3) is 176 Å². The summed E-state index contributed by atoms with van der Waals surface area (Å²) in [7, 11) is 0. The van der Waals surface area contributed by atoms with Crippen molar-refractivity contribution in [1.29, 1.82) is 0 Å². The van der Waals surface area contributed by atoms with Gasteiger partial charge in [-0.25, -0.2) is 8.78 Å². The summed E-state index contributed by atoms with van der Waals surface area (Å²) in [5.41, 5.74) is 19.5. The molecule has 0 aliphatic rings. The van der Waals surface area contributed by atoms with Crippen molar-refractivity contribution in [3.8, 4) is 45.3 Å². The molecule has 0 atom stereocenters. The van der Waals surface area contributed by atoms with Crippen molar-refractivity contribution in [2.45, 2.75) is 6.92 Å². The predicted octanol–water partition coefficient (Wildman–Crippen LogP) is 22.5. The molecule has 0 bridgehead atoms. The van der Waals surface area contributed by atoms with Gasteiger partial charge in [0.15, 0.2) is 0 Å². The van der Waals surface area contributed by atoms with E-state index in [9.17, 15) is 0 Å². The van der Waals surface area contributed by atoms with Crippen molar-refractivity contribution in [1.82, 2.24) is 27.4 Å². The first kappa shape index (κ1) is 51.6. The summed E-state index contributed by atoms with van der Waals surface area (Å²) >= 11 is 0.